The summed E-state index contributed by atoms with van der Waals surface area (Å²) in [5.41, 5.74) is 3.09. The second kappa shape index (κ2) is 10.7. The fourth-order valence-corrected chi connectivity index (χ4v) is 5.62. The number of aromatic nitrogens is 2. The number of nitrogens with zero attached hydrogens (tertiary/aromatic N) is 3. The molecule has 0 bridgehead atoms. The van der Waals surface area contributed by atoms with E-state index >= 15 is 0 Å². The molecule has 0 aliphatic rings. The van der Waals surface area contributed by atoms with Crippen molar-refractivity contribution in [3.05, 3.63) is 52.8 Å². The highest BCUT2D eigenvalue weighted by Crippen LogP contribution is 2.25. The van der Waals surface area contributed by atoms with Crippen molar-refractivity contribution in [2.75, 3.05) is 18.4 Å². The van der Waals surface area contributed by atoms with Crippen molar-refractivity contribution >= 4 is 44.3 Å². The van der Waals surface area contributed by atoms with Crippen LogP contribution in [0.5, 0.6) is 0 Å². The predicted molar refractivity (Wildman–Crippen MR) is 133 cm³/mol. The van der Waals surface area contributed by atoms with E-state index in [1.165, 1.54) is 4.31 Å². The number of hydrogen-bond donors (Lipinski definition) is 1. The molecule has 0 aliphatic carbocycles. The molecule has 0 radical (unpaired) electrons. The van der Waals surface area contributed by atoms with Crippen LogP contribution in [-0.2, 0) is 27.8 Å². The van der Waals surface area contributed by atoms with Gasteiger partial charge in [-0.3, -0.25) is 4.79 Å². The van der Waals surface area contributed by atoms with Gasteiger partial charge in [-0.15, -0.1) is 0 Å². The van der Waals surface area contributed by atoms with Crippen molar-refractivity contribution in [1.29, 1.82) is 0 Å². The molecule has 1 N–H and O–H groups in total. The molecule has 0 atom stereocenters. The number of nitrogens with one attached hydrogen (secondary N) is 1. The van der Waals surface area contributed by atoms with Crippen molar-refractivity contribution < 1.29 is 13.2 Å². The summed E-state index contributed by atoms with van der Waals surface area (Å²) in [6, 6.07) is 10.6. The van der Waals surface area contributed by atoms with Gasteiger partial charge in [-0.25, -0.2) is 13.4 Å². The van der Waals surface area contributed by atoms with Crippen molar-refractivity contribution in [2.45, 2.75) is 58.4 Å². The SMILES string of the molecule is CCCn1c(CCC(=O)Nc2ccc(C)cc2Cl)nc2cc(S(=O)(=O)N(CC)CC)ccc21. The van der Waals surface area contributed by atoms with Crippen LogP contribution in [0.3, 0.4) is 0 Å². The largest absolute Gasteiger partial charge is 0.328 e. The zero-order valence-electron chi connectivity index (χ0n) is 19.6. The Labute approximate surface area is 200 Å². The summed E-state index contributed by atoms with van der Waals surface area (Å²) >= 11 is 6.22. The number of sulfonamides is 1. The maximum Gasteiger partial charge on any atom is 0.243 e. The molecule has 1 heterocycles. The van der Waals surface area contributed by atoms with Crippen LogP contribution in [0.1, 0.15) is 45.0 Å². The van der Waals surface area contributed by atoms with Crippen LogP contribution >= 0.6 is 11.6 Å². The molecular weight excluding hydrogens is 460 g/mol. The summed E-state index contributed by atoms with van der Waals surface area (Å²) in [7, 11) is -3.57. The summed E-state index contributed by atoms with van der Waals surface area (Å²) in [6.07, 6.45) is 1.56. The van der Waals surface area contributed by atoms with Gasteiger partial charge < -0.3 is 9.88 Å². The van der Waals surface area contributed by atoms with Gasteiger partial charge in [-0.2, -0.15) is 4.31 Å². The van der Waals surface area contributed by atoms with E-state index in [1.807, 2.05) is 39.0 Å². The maximum atomic E-state index is 12.9. The molecule has 0 spiro atoms. The van der Waals surface area contributed by atoms with E-state index in [0.717, 1.165) is 29.9 Å². The number of amides is 1. The van der Waals surface area contributed by atoms with Crippen LogP contribution in [0.4, 0.5) is 5.69 Å². The molecule has 0 aliphatic heterocycles. The van der Waals surface area contributed by atoms with Crippen molar-refractivity contribution in [1.82, 2.24) is 13.9 Å². The Morgan fingerprint density at radius 1 is 1.12 bits per heavy atom. The first-order chi connectivity index (χ1) is 15.7. The lowest BCUT2D eigenvalue weighted by Gasteiger charge is -2.18. The molecule has 9 heteroatoms. The molecule has 7 nitrogen and oxygen atoms in total. The second-order valence-electron chi connectivity index (χ2n) is 7.95. The van der Waals surface area contributed by atoms with Crippen LogP contribution in [0, 0.1) is 6.92 Å². The minimum atomic E-state index is -3.57. The van der Waals surface area contributed by atoms with E-state index in [2.05, 4.69) is 16.8 Å². The third-order valence-electron chi connectivity index (χ3n) is 5.56. The zero-order chi connectivity index (χ0) is 24.2. The van der Waals surface area contributed by atoms with Gasteiger partial charge in [-0.05, 0) is 49.2 Å². The highest BCUT2D eigenvalue weighted by Gasteiger charge is 2.23. The Hall–Kier alpha value is -2.42. The minimum Gasteiger partial charge on any atom is -0.328 e. The molecule has 33 heavy (non-hydrogen) atoms. The molecule has 1 amide bonds. The molecule has 0 saturated heterocycles. The third-order valence-corrected chi connectivity index (χ3v) is 7.92. The van der Waals surface area contributed by atoms with Crippen LogP contribution in [0.2, 0.25) is 5.02 Å². The van der Waals surface area contributed by atoms with Gasteiger partial charge in [0.15, 0.2) is 0 Å². The topological polar surface area (TPSA) is 84.3 Å². The van der Waals surface area contributed by atoms with Gasteiger partial charge in [0.05, 0.1) is 26.6 Å². The Bertz CT molecular complexity index is 1250. The van der Waals surface area contributed by atoms with Crippen molar-refractivity contribution in [2.24, 2.45) is 0 Å². The van der Waals surface area contributed by atoms with Crippen LogP contribution in [-0.4, -0.2) is 41.3 Å². The number of benzene rings is 2. The molecule has 3 rings (SSSR count). The molecule has 3 aromatic rings. The highest BCUT2D eigenvalue weighted by molar-refractivity contribution is 7.89. The van der Waals surface area contributed by atoms with E-state index in [1.54, 1.807) is 18.2 Å². The predicted octanol–water partition coefficient (Wildman–Crippen LogP) is 5.01. The number of hydrogen-bond acceptors (Lipinski definition) is 4. The van der Waals surface area contributed by atoms with Crippen molar-refractivity contribution in [3.63, 3.8) is 0 Å². The monoisotopic (exact) mass is 490 g/mol. The van der Waals surface area contributed by atoms with Crippen LogP contribution in [0.15, 0.2) is 41.3 Å². The van der Waals surface area contributed by atoms with Gasteiger partial charge in [0.2, 0.25) is 15.9 Å². The average molecular weight is 491 g/mol. The van der Waals surface area contributed by atoms with E-state index in [9.17, 15) is 13.2 Å². The molecule has 0 fully saturated rings. The minimum absolute atomic E-state index is 0.152. The number of halogens is 1. The number of anilines is 1. The van der Waals surface area contributed by atoms with Gasteiger partial charge in [0.1, 0.15) is 5.82 Å². The second-order valence-corrected chi connectivity index (χ2v) is 10.3. The van der Waals surface area contributed by atoms with E-state index < -0.39 is 10.0 Å². The Morgan fingerprint density at radius 3 is 2.48 bits per heavy atom. The van der Waals surface area contributed by atoms with Crippen molar-refractivity contribution in [3.8, 4) is 0 Å². The first kappa shape index (κ1) is 25.2. The van der Waals surface area contributed by atoms with E-state index in [-0.39, 0.29) is 17.2 Å². The molecule has 2 aromatic carbocycles. The lowest BCUT2D eigenvalue weighted by atomic mass is 10.2. The number of aryl methyl sites for hydroxylation is 3. The highest BCUT2D eigenvalue weighted by atomic mass is 35.5. The summed E-state index contributed by atoms with van der Waals surface area (Å²) in [6.45, 7) is 9.21. The standard InChI is InChI=1S/C24H31ClN4O3S/c1-5-14-29-22-11-9-18(33(31,32)28(6-2)7-3)16-21(22)26-23(29)12-13-24(30)27-20-10-8-17(4)15-19(20)25/h8-11,15-16H,5-7,12-14H2,1-4H3,(H,27,30). The lowest BCUT2D eigenvalue weighted by Crippen LogP contribution is -2.30. The Morgan fingerprint density at radius 2 is 1.85 bits per heavy atom. The fourth-order valence-electron chi connectivity index (χ4n) is 3.86. The molecular formula is C24H31ClN4O3S. The number of carbonyl (C=O) groups is 1. The fraction of sp³-hybridized carbons (Fsp3) is 0.417. The normalized spacial score (nSPS) is 11.9. The number of carbonyl (C=O) groups excluding carboxylic acids is 1. The molecule has 178 valence electrons. The summed E-state index contributed by atoms with van der Waals surface area (Å²) in [5, 5.41) is 3.36. The Kier molecular flexibility index (Phi) is 8.15. The summed E-state index contributed by atoms with van der Waals surface area (Å²) in [5.74, 6) is 0.607. The van der Waals surface area contributed by atoms with Gasteiger partial charge in [0, 0.05) is 32.5 Å². The van der Waals surface area contributed by atoms with Crippen LogP contribution in [0.25, 0.3) is 11.0 Å². The van der Waals surface area contributed by atoms with E-state index in [0.29, 0.717) is 35.7 Å². The average Bonchev–Trinajstić information content (AvgIpc) is 3.12. The molecule has 1 aromatic heterocycles. The van der Waals surface area contributed by atoms with Gasteiger partial charge >= 0.3 is 0 Å². The smallest absolute Gasteiger partial charge is 0.243 e. The van der Waals surface area contributed by atoms with E-state index in [4.69, 9.17) is 16.6 Å². The maximum absolute atomic E-state index is 12.9. The summed E-state index contributed by atoms with van der Waals surface area (Å²) < 4.78 is 29.3. The molecule has 0 unspecified atom stereocenters. The third kappa shape index (κ3) is 5.57. The first-order valence-corrected chi connectivity index (χ1v) is 13.1. The van der Waals surface area contributed by atoms with Crippen LogP contribution < -0.4 is 5.32 Å². The molecule has 0 saturated carbocycles. The lowest BCUT2D eigenvalue weighted by molar-refractivity contribution is -0.116. The zero-order valence-corrected chi connectivity index (χ0v) is 21.1. The van der Waals surface area contributed by atoms with Gasteiger partial charge in [0.25, 0.3) is 0 Å². The Balaban J connectivity index is 1.84. The van der Waals surface area contributed by atoms with Gasteiger partial charge in [-0.1, -0.05) is 38.4 Å². The first-order valence-electron chi connectivity index (χ1n) is 11.3. The number of imidazole rings is 1. The quantitative estimate of drug-likeness (QED) is 0.433. The summed E-state index contributed by atoms with van der Waals surface area (Å²) in [4.78, 5) is 17.5. The number of fused-ring (bicyclic) bond motifs is 1. The number of rotatable bonds is 10.